The Kier molecular flexibility index (Phi) is 12.5. The highest BCUT2D eigenvalue weighted by molar-refractivity contribution is 5.16. The summed E-state index contributed by atoms with van der Waals surface area (Å²) in [5.41, 5.74) is 3.63. The number of hydrogen-bond donors (Lipinski definition) is 0. The van der Waals surface area contributed by atoms with E-state index in [2.05, 4.69) is 67.5 Å². The highest BCUT2D eigenvalue weighted by atomic mass is 16.5. The predicted molar refractivity (Wildman–Crippen MR) is 114 cm³/mol. The summed E-state index contributed by atoms with van der Waals surface area (Å²) in [5, 5.41) is 0. The molecule has 0 amide bonds. The molecule has 0 aliphatic carbocycles. The Hall–Kier alpha value is -0.560. The van der Waals surface area contributed by atoms with Gasteiger partial charge in [0, 0.05) is 10.8 Å². The predicted octanol–water partition coefficient (Wildman–Crippen LogP) is 8.11. The highest BCUT2D eigenvalue weighted by Crippen LogP contribution is 2.41. The molecule has 0 atom stereocenters. The average molecular weight is 351 g/mol. The summed E-state index contributed by atoms with van der Waals surface area (Å²) in [5.74, 6) is 0. The lowest BCUT2D eigenvalue weighted by Crippen LogP contribution is -2.33. The number of rotatable bonds is 14. The van der Waals surface area contributed by atoms with E-state index in [-0.39, 0.29) is 10.8 Å². The Balaban J connectivity index is 5.34. The first-order valence-electron chi connectivity index (χ1n) is 11.0. The summed E-state index contributed by atoms with van der Waals surface area (Å²) in [4.78, 5) is 0. The first-order valence-corrected chi connectivity index (χ1v) is 11.0. The average Bonchev–Trinajstić information content (AvgIpc) is 2.66. The van der Waals surface area contributed by atoms with Crippen molar-refractivity contribution in [2.75, 3.05) is 13.2 Å². The van der Waals surface area contributed by atoms with Crippen LogP contribution in [0.2, 0.25) is 0 Å². The number of ether oxygens (including phenoxy) is 1. The molecule has 25 heavy (non-hydrogen) atoms. The molecule has 0 aromatic carbocycles. The van der Waals surface area contributed by atoms with Gasteiger partial charge in [0.2, 0.25) is 0 Å². The molecule has 0 unspecified atom stereocenters. The van der Waals surface area contributed by atoms with E-state index in [9.17, 15) is 0 Å². The first-order chi connectivity index (χ1) is 12.0. The fraction of sp³-hybridized carbons (Fsp3) is 0.833. The summed E-state index contributed by atoms with van der Waals surface area (Å²) in [7, 11) is 0. The minimum atomic E-state index is 0.221. The van der Waals surface area contributed by atoms with Crippen LogP contribution in [0, 0.1) is 10.8 Å². The molecular formula is C24H46O. The third-order valence-corrected chi connectivity index (χ3v) is 6.49. The molecular weight excluding hydrogens is 304 g/mol. The van der Waals surface area contributed by atoms with E-state index in [1.807, 2.05) is 0 Å². The molecule has 0 saturated heterocycles. The lowest BCUT2D eigenvalue weighted by molar-refractivity contribution is 0.00790. The zero-order valence-corrected chi connectivity index (χ0v) is 18.6. The van der Waals surface area contributed by atoms with Gasteiger partial charge in [-0.3, -0.25) is 0 Å². The molecule has 0 saturated carbocycles. The lowest BCUT2D eigenvalue weighted by atomic mass is 9.73. The molecule has 0 radical (unpaired) electrons. The van der Waals surface area contributed by atoms with Gasteiger partial charge in [-0.15, -0.1) is 0 Å². The molecule has 0 fully saturated rings. The van der Waals surface area contributed by atoms with Crippen LogP contribution in [0.3, 0.4) is 0 Å². The van der Waals surface area contributed by atoms with Crippen LogP contribution >= 0.6 is 0 Å². The molecule has 0 rings (SSSR count). The van der Waals surface area contributed by atoms with Gasteiger partial charge in [-0.1, -0.05) is 78.7 Å². The normalized spacial score (nSPS) is 14.2. The molecule has 0 aliphatic rings. The van der Waals surface area contributed by atoms with Crippen LogP contribution in [0.15, 0.2) is 23.3 Å². The molecule has 0 spiro atoms. The summed E-state index contributed by atoms with van der Waals surface area (Å²) in [6, 6.07) is 0. The fourth-order valence-electron chi connectivity index (χ4n) is 4.41. The van der Waals surface area contributed by atoms with Crippen molar-refractivity contribution >= 4 is 0 Å². The summed E-state index contributed by atoms with van der Waals surface area (Å²) < 4.78 is 6.50. The molecule has 0 N–H and O–H groups in total. The van der Waals surface area contributed by atoms with Gasteiger partial charge >= 0.3 is 0 Å². The van der Waals surface area contributed by atoms with Crippen LogP contribution in [0.25, 0.3) is 0 Å². The summed E-state index contributed by atoms with van der Waals surface area (Å²) in [6.45, 7) is 20.1. The molecule has 0 bridgehead atoms. The molecule has 0 aliphatic heterocycles. The van der Waals surface area contributed by atoms with Crippen LogP contribution in [-0.2, 0) is 4.74 Å². The smallest absolute Gasteiger partial charge is 0.0559 e. The Morgan fingerprint density at radius 2 is 0.920 bits per heavy atom. The van der Waals surface area contributed by atoms with E-state index in [1.165, 1.54) is 25.7 Å². The maximum Gasteiger partial charge on any atom is 0.0559 e. The molecule has 1 nitrogen and oxygen atoms in total. The molecule has 148 valence electrons. The van der Waals surface area contributed by atoms with E-state index >= 15 is 0 Å². The van der Waals surface area contributed by atoms with Crippen LogP contribution in [0.1, 0.15) is 107 Å². The van der Waals surface area contributed by atoms with Gasteiger partial charge in [0.25, 0.3) is 0 Å². The molecule has 1 heteroatoms. The lowest BCUT2D eigenvalue weighted by Gasteiger charge is -2.38. The molecule has 0 aromatic rings. The molecule has 0 heterocycles. The second-order valence-electron chi connectivity index (χ2n) is 7.45. The minimum Gasteiger partial charge on any atom is -0.380 e. The fourth-order valence-corrected chi connectivity index (χ4v) is 4.41. The van der Waals surface area contributed by atoms with Gasteiger partial charge in [0.05, 0.1) is 13.2 Å². The van der Waals surface area contributed by atoms with E-state index in [0.29, 0.717) is 0 Å². The Morgan fingerprint density at radius 3 is 1.12 bits per heavy atom. The van der Waals surface area contributed by atoms with Gasteiger partial charge in [0.15, 0.2) is 0 Å². The quantitative estimate of drug-likeness (QED) is 0.287. The van der Waals surface area contributed by atoms with Crippen molar-refractivity contribution in [2.45, 2.75) is 107 Å². The zero-order valence-electron chi connectivity index (χ0n) is 18.6. The Bertz CT molecular complexity index is 356. The van der Waals surface area contributed by atoms with E-state index in [4.69, 9.17) is 4.74 Å². The monoisotopic (exact) mass is 350 g/mol. The van der Waals surface area contributed by atoms with E-state index in [0.717, 1.165) is 38.9 Å². The summed E-state index contributed by atoms with van der Waals surface area (Å²) >= 11 is 0. The van der Waals surface area contributed by atoms with Crippen molar-refractivity contribution in [3.63, 3.8) is 0 Å². The van der Waals surface area contributed by atoms with Crippen LogP contribution in [0.5, 0.6) is 0 Å². The Labute approximate surface area is 159 Å². The molecule has 0 aromatic heterocycles. The minimum absolute atomic E-state index is 0.221. The topological polar surface area (TPSA) is 9.23 Å². The van der Waals surface area contributed by atoms with Gasteiger partial charge in [-0.25, -0.2) is 0 Å². The SMILES string of the molecule is CC/C=C(\CC)C(CC)(CC)COCC(CC)(CC)/C(=C/CC)CC. The first kappa shape index (κ1) is 24.4. The number of hydrogen-bond acceptors (Lipinski definition) is 1. The second kappa shape index (κ2) is 12.7. The van der Waals surface area contributed by atoms with Crippen molar-refractivity contribution < 1.29 is 4.74 Å². The van der Waals surface area contributed by atoms with Crippen molar-refractivity contribution in [1.82, 2.24) is 0 Å². The standard InChI is InChI=1S/C24H46O/c1-9-17-21(11-3)23(13-5,14-6)19-25-20-24(15-7,16-8)22(12-4)18-10-2/h17-18H,9-16,19-20H2,1-8H3/b21-17+,22-18+. The zero-order chi connectivity index (χ0) is 19.3. The van der Waals surface area contributed by atoms with Gasteiger partial charge in [0.1, 0.15) is 0 Å². The van der Waals surface area contributed by atoms with Crippen LogP contribution in [0.4, 0.5) is 0 Å². The van der Waals surface area contributed by atoms with Gasteiger partial charge in [-0.05, 0) is 51.4 Å². The maximum absolute atomic E-state index is 6.50. The van der Waals surface area contributed by atoms with Crippen molar-refractivity contribution in [3.05, 3.63) is 23.3 Å². The van der Waals surface area contributed by atoms with Crippen molar-refractivity contribution in [1.29, 1.82) is 0 Å². The third kappa shape index (κ3) is 6.27. The van der Waals surface area contributed by atoms with E-state index < -0.39 is 0 Å². The van der Waals surface area contributed by atoms with Gasteiger partial charge < -0.3 is 4.74 Å². The highest BCUT2D eigenvalue weighted by Gasteiger charge is 2.33. The Morgan fingerprint density at radius 1 is 0.600 bits per heavy atom. The van der Waals surface area contributed by atoms with Crippen molar-refractivity contribution in [3.8, 4) is 0 Å². The summed E-state index contributed by atoms with van der Waals surface area (Å²) in [6.07, 6.45) is 14.1. The van der Waals surface area contributed by atoms with Crippen molar-refractivity contribution in [2.24, 2.45) is 10.8 Å². The largest absolute Gasteiger partial charge is 0.380 e. The van der Waals surface area contributed by atoms with Gasteiger partial charge in [-0.2, -0.15) is 0 Å². The second-order valence-corrected chi connectivity index (χ2v) is 7.45. The number of allylic oxidation sites excluding steroid dienone is 2. The van der Waals surface area contributed by atoms with E-state index in [1.54, 1.807) is 11.1 Å². The third-order valence-electron chi connectivity index (χ3n) is 6.49. The van der Waals surface area contributed by atoms with Crippen LogP contribution in [-0.4, -0.2) is 13.2 Å². The van der Waals surface area contributed by atoms with Crippen LogP contribution < -0.4 is 0 Å². The maximum atomic E-state index is 6.50.